The Morgan fingerprint density at radius 2 is 1.83 bits per heavy atom. The second-order valence-corrected chi connectivity index (χ2v) is 4.60. The van der Waals surface area contributed by atoms with E-state index in [4.69, 9.17) is 33.7 Å². The molecule has 0 amide bonds. The number of rotatable bonds is 3. The standard InChI is InChI=1S/C13H12Cl2N2O/c1-8(12-9(14)4-2-5-10(12)15)18-11-6-3-7-17-13(11)16/h2-8H,1H3,(H2,16,17). The monoisotopic (exact) mass is 282 g/mol. The van der Waals surface area contributed by atoms with Crippen LogP contribution < -0.4 is 10.5 Å². The molecule has 0 aliphatic rings. The molecule has 1 heterocycles. The molecule has 3 nitrogen and oxygen atoms in total. The number of halogens is 2. The predicted molar refractivity (Wildman–Crippen MR) is 74.2 cm³/mol. The van der Waals surface area contributed by atoms with E-state index < -0.39 is 0 Å². The Hall–Kier alpha value is -1.45. The molecule has 1 atom stereocenters. The molecule has 0 fully saturated rings. The number of ether oxygens (including phenoxy) is 1. The third kappa shape index (κ3) is 2.68. The van der Waals surface area contributed by atoms with Crippen molar-refractivity contribution in [2.24, 2.45) is 0 Å². The predicted octanol–water partition coefficient (Wildman–Crippen LogP) is 4.11. The lowest BCUT2D eigenvalue weighted by Gasteiger charge is -2.18. The van der Waals surface area contributed by atoms with Crippen LogP contribution in [-0.2, 0) is 0 Å². The first-order chi connectivity index (χ1) is 8.59. The molecule has 1 unspecified atom stereocenters. The fourth-order valence-corrected chi connectivity index (χ4v) is 2.36. The lowest BCUT2D eigenvalue weighted by Crippen LogP contribution is -2.06. The molecule has 0 saturated carbocycles. The van der Waals surface area contributed by atoms with Gasteiger partial charge in [-0.25, -0.2) is 4.98 Å². The van der Waals surface area contributed by atoms with Crippen LogP contribution in [0.2, 0.25) is 10.0 Å². The molecule has 2 rings (SSSR count). The SMILES string of the molecule is CC(Oc1cccnc1N)c1c(Cl)cccc1Cl. The molecule has 18 heavy (non-hydrogen) atoms. The molecule has 0 aliphatic carbocycles. The first kappa shape index (κ1) is 13.0. The van der Waals surface area contributed by atoms with E-state index in [2.05, 4.69) is 4.98 Å². The van der Waals surface area contributed by atoms with Crippen LogP contribution in [0, 0.1) is 0 Å². The summed E-state index contributed by atoms with van der Waals surface area (Å²) in [4.78, 5) is 3.96. The first-order valence-electron chi connectivity index (χ1n) is 5.40. The van der Waals surface area contributed by atoms with Crippen LogP contribution in [0.3, 0.4) is 0 Å². The van der Waals surface area contributed by atoms with Crippen LogP contribution in [0.15, 0.2) is 36.5 Å². The van der Waals surface area contributed by atoms with E-state index in [-0.39, 0.29) is 6.10 Å². The minimum atomic E-state index is -0.308. The summed E-state index contributed by atoms with van der Waals surface area (Å²) in [6.07, 6.45) is 1.30. The molecule has 0 aliphatic heterocycles. The first-order valence-corrected chi connectivity index (χ1v) is 6.16. The molecule has 0 bridgehead atoms. The van der Waals surface area contributed by atoms with Gasteiger partial charge < -0.3 is 10.5 Å². The van der Waals surface area contributed by atoms with Crippen molar-refractivity contribution in [3.05, 3.63) is 52.1 Å². The summed E-state index contributed by atoms with van der Waals surface area (Å²) < 4.78 is 5.74. The highest BCUT2D eigenvalue weighted by Gasteiger charge is 2.16. The highest BCUT2D eigenvalue weighted by molar-refractivity contribution is 6.36. The minimum Gasteiger partial charge on any atom is -0.482 e. The van der Waals surface area contributed by atoms with Gasteiger partial charge in [-0.2, -0.15) is 0 Å². The Balaban J connectivity index is 2.28. The normalized spacial score (nSPS) is 12.2. The molecule has 2 N–H and O–H groups in total. The Labute approximate surface area is 115 Å². The Morgan fingerprint density at radius 1 is 1.17 bits per heavy atom. The van der Waals surface area contributed by atoms with Gasteiger partial charge in [0.15, 0.2) is 11.6 Å². The van der Waals surface area contributed by atoms with E-state index >= 15 is 0 Å². The molecule has 1 aromatic heterocycles. The number of hydrogen-bond acceptors (Lipinski definition) is 3. The maximum Gasteiger partial charge on any atom is 0.166 e. The third-order valence-corrected chi connectivity index (χ3v) is 3.17. The molecule has 0 spiro atoms. The van der Waals surface area contributed by atoms with Gasteiger partial charge >= 0.3 is 0 Å². The summed E-state index contributed by atoms with van der Waals surface area (Å²) in [5, 5.41) is 1.13. The Kier molecular flexibility index (Phi) is 3.94. The molecular formula is C13H12Cl2N2O. The van der Waals surface area contributed by atoms with E-state index in [0.717, 1.165) is 5.56 Å². The van der Waals surface area contributed by atoms with Crippen LogP contribution in [0.4, 0.5) is 5.82 Å². The van der Waals surface area contributed by atoms with Crippen LogP contribution in [0.1, 0.15) is 18.6 Å². The molecule has 0 radical (unpaired) electrons. The van der Waals surface area contributed by atoms with Crippen molar-refractivity contribution >= 4 is 29.0 Å². The second-order valence-electron chi connectivity index (χ2n) is 3.78. The van der Waals surface area contributed by atoms with Crippen LogP contribution in [-0.4, -0.2) is 4.98 Å². The van der Waals surface area contributed by atoms with Gasteiger partial charge in [0.1, 0.15) is 6.10 Å². The largest absolute Gasteiger partial charge is 0.482 e. The number of nitrogen functional groups attached to an aromatic ring is 1. The number of benzene rings is 1. The highest BCUT2D eigenvalue weighted by atomic mass is 35.5. The highest BCUT2D eigenvalue weighted by Crippen LogP contribution is 2.33. The third-order valence-electron chi connectivity index (χ3n) is 2.51. The number of hydrogen-bond donors (Lipinski definition) is 1. The van der Waals surface area contributed by atoms with Crippen molar-refractivity contribution in [1.29, 1.82) is 0 Å². The Bertz CT molecular complexity index is 540. The smallest absolute Gasteiger partial charge is 0.166 e. The quantitative estimate of drug-likeness (QED) is 0.922. The maximum absolute atomic E-state index is 6.12. The van der Waals surface area contributed by atoms with Gasteiger partial charge in [-0.1, -0.05) is 29.3 Å². The topological polar surface area (TPSA) is 48.1 Å². The van der Waals surface area contributed by atoms with Gasteiger partial charge in [0.05, 0.1) is 0 Å². The average molecular weight is 283 g/mol. The lowest BCUT2D eigenvalue weighted by atomic mass is 10.1. The molecule has 5 heteroatoms. The van der Waals surface area contributed by atoms with Crippen LogP contribution in [0.25, 0.3) is 0 Å². The van der Waals surface area contributed by atoms with Gasteiger partial charge in [-0.3, -0.25) is 0 Å². The fraction of sp³-hybridized carbons (Fsp3) is 0.154. The van der Waals surface area contributed by atoms with E-state index in [0.29, 0.717) is 21.6 Å². The van der Waals surface area contributed by atoms with Crippen molar-refractivity contribution in [3.63, 3.8) is 0 Å². The summed E-state index contributed by atoms with van der Waals surface area (Å²) in [7, 11) is 0. The number of nitrogens with zero attached hydrogens (tertiary/aromatic N) is 1. The van der Waals surface area contributed by atoms with Crippen molar-refractivity contribution in [2.45, 2.75) is 13.0 Å². The van der Waals surface area contributed by atoms with E-state index in [1.807, 2.05) is 6.92 Å². The van der Waals surface area contributed by atoms with Crippen LogP contribution >= 0.6 is 23.2 Å². The summed E-state index contributed by atoms with van der Waals surface area (Å²) in [6.45, 7) is 1.86. The number of pyridine rings is 1. The minimum absolute atomic E-state index is 0.308. The second kappa shape index (κ2) is 5.46. The summed E-state index contributed by atoms with van der Waals surface area (Å²) in [5.74, 6) is 0.855. The number of anilines is 1. The lowest BCUT2D eigenvalue weighted by molar-refractivity contribution is 0.228. The molecule has 2 aromatic rings. The molecule has 0 saturated heterocycles. The van der Waals surface area contributed by atoms with E-state index in [1.54, 1.807) is 36.5 Å². The zero-order chi connectivity index (χ0) is 13.1. The van der Waals surface area contributed by atoms with Crippen molar-refractivity contribution in [1.82, 2.24) is 4.98 Å². The van der Waals surface area contributed by atoms with Crippen molar-refractivity contribution in [2.75, 3.05) is 5.73 Å². The zero-order valence-corrected chi connectivity index (χ0v) is 11.2. The number of aromatic nitrogens is 1. The zero-order valence-electron chi connectivity index (χ0n) is 9.73. The molecule has 94 valence electrons. The van der Waals surface area contributed by atoms with Gasteiger partial charge in [0.25, 0.3) is 0 Å². The summed E-state index contributed by atoms with van der Waals surface area (Å²) >= 11 is 12.2. The molecular weight excluding hydrogens is 271 g/mol. The number of nitrogens with two attached hydrogens (primary N) is 1. The van der Waals surface area contributed by atoms with Crippen molar-refractivity contribution in [3.8, 4) is 5.75 Å². The van der Waals surface area contributed by atoms with Gasteiger partial charge in [0.2, 0.25) is 0 Å². The summed E-state index contributed by atoms with van der Waals surface area (Å²) in [5.41, 5.74) is 6.46. The van der Waals surface area contributed by atoms with E-state index in [9.17, 15) is 0 Å². The van der Waals surface area contributed by atoms with E-state index in [1.165, 1.54) is 0 Å². The maximum atomic E-state index is 6.12. The van der Waals surface area contributed by atoms with Gasteiger partial charge in [0, 0.05) is 21.8 Å². The average Bonchev–Trinajstić information content (AvgIpc) is 2.32. The van der Waals surface area contributed by atoms with Crippen molar-refractivity contribution < 1.29 is 4.74 Å². The summed E-state index contributed by atoms with van der Waals surface area (Å²) in [6, 6.07) is 8.85. The van der Waals surface area contributed by atoms with Crippen LogP contribution in [0.5, 0.6) is 5.75 Å². The van der Waals surface area contributed by atoms with Gasteiger partial charge in [-0.15, -0.1) is 0 Å². The molecule has 1 aromatic carbocycles. The Morgan fingerprint density at radius 3 is 2.44 bits per heavy atom. The fourth-order valence-electron chi connectivity index (χ4n) is 1.65. The van der Waals surface area contributed by atoms with Gasteiger partial charge in [-0.05, 0) is 31.2 Å².